The van der Waals surface area contributed by atoms with Gasteiger partial charge in [0.2, 0.25) is 5.91 Å². The number of hydrogen-bond donors (Lipinski definition) is 1. The predicted molar refractivity (Wildman–Crippen MR) is 117 cm³/mol. The molecule has 158 valence electrons. The van der Waals surface area contributed by atoms with Crippen molar-refractivity contribution in [2.24, 2.45) is 0 Å². The summed E-state index contributed by atoms with van der Waals surface area (Å²) >= 11 is 0. The van der Waals surface area contributed by atoms with Gasteiger partial charge < -0.3 is 14.6 Å². The number of fused-ring (bicyclic) bond motifs is 1. The van der Waals surface area contributed by atoms with Gasteiger partial charge in [-0.3, -0.25) is 9.59 Å². The summed E-state index contributed by atoms with van der Waals surface area (Å²) < 4.78 is 11.7. The van der Waals surface area contributed by atoms with Crippen molar-refractivity contribution in [2.45, 2.75) is 26.8 Å². The number of carbonyl (C=O) groups excluding carboxylic acids is 1. The smallest absolute Gasteiger partial charge is 0.297 e. The molecule has 2 heterocycles. The first-order valence-corrected chi connectivity index (χ1v) is 9.80. The van der Waals surface area contributed by atoms with Gasteiger partial charge in [0.1, 0.15) is 23.2 Å². The fourth-order valence-corrected chi connectivity index (χ4v) is 3.38. The van der Waals surface area contributed by atoms with Gasteiger partial charge in [0, 0.05) is 11.3 Å². The number of hydrogen-bond acceptors (Lipinski definition) is 6. The maximum absolute atomic E-state index is 13.1. The molecule has 0 aliphatic heterocycles. The van der Waals surface area contributed by atoms with Crippen molar-refractivity contribution in [3.8, 4) is 17.0 Å². The number of anilines is 1. The largest absolute Gasteiger partial charge is 0.497 e. The summed E-state index contributed by atoms with van der Waals surface area (Å²) in [6.07, 6.45) is 0. The normalized spacial score (nSPS) is 12.0. The van der Waals surface area contributed by atoms with Crippen LogP contribution in [-0.2, 0) is 4.79 Å². The number of aryl methyl sites for hydroxylation is 2. The Kier molecular flexibility index (Phi) is 5.29. The third kappa shape index (κ3) is 3.68. The van der Waals surface area contributed by atoms with Gasteiger partial charge in [-0.25, -0.2) is 4.68 Å². The Bertz CT molecular complexity index is 1320. The Balaban J connectivity index is 1.80. The molecule has 0 aliphatic rings. The molecule has 0 spiro atoms. The van der Waals surface area contributed by atoms with Crippen LogP contribution < -0.4 is 15.6 Å². The number of amides is 1. The van der Waals surface area contributed by atoms with Gasteiger partial charge in [0.25, 0.3) is 5.56 Å². The van der Waals surface area contributed by atoms with Crippen molar-refractivity contribution in [3.63, 3.8) is 0 Å². The monoisotopic (exact) mass is 418 g/mol. The first-order chi connectivity index (χ1) is 14.9. The number of aromatic nitrogens is 3. The Hall–Kier alpha value is -3.94. The summed E-state index contributed by atoms with van der Waals surface area (Å²) in [4.78, 5) is 26.0. The number of carbonyl (C=O) groups is 1. The molecule has 8 nitrogen and oxygen atoms in total. The average molecular weight is 418 g/mol. The van der Waals surface area contributed by atoms with Crippen molar-refractivity contribution in [1.29, 1.82) is 0 Å². The number of benzene rings is 2. The second kappa shape index (κ2) is 8.06. The Morgan fingerprint density at radius 1 is 1.13 bits per heavy atom. The SMILES string of the molecule is COc1ccc(-c2nn(C(C)C(=O)Nc3ccccc3C)c(=O)c3noc(C)c23)cc1. The number of rotatable bonds is 5. The lowest BCUT2D eigenvalue weighted by atomic mass is 10.1. The number of nitrogens with one attached hydrogen (secondary N) is 1. The van der Waals surface area contributed by atoms with E-state index in [0.29, 0.717) is 28.3 Å². The zero-order valence-electron chi connectivity index (χ0n) is 17.7. The predicted octanol–water partition coefficient (Wildman–Crippen LogP) is 3.88. The minimum Gasteiger partial charge on any atom is -0.497 e. The van der Waals surface area contributed by atoms with Crippen molar-refractivity contribution < 1.29 is 14.1 Å². The molecule has 1 unspecified atom stereocenters. The molecule has 0 radical (unpaired) electrons. The van der Waals surface area contributed by atoms with Gasteiger partial charge in [-0.1, -0.05) is 23.4 Å². The van der Waals surface area contributed by atoms with Crippen LogP contribution in [0.1, 0.15) is 24.3 Å². The molecule has 0 aliphatic carbocycles. The van der Waals surface area contributed by atoms with Crippen LogP contribution in [-0.4, -0.2) is 28.0 Å². The molecule has 8 heteroatoms. The van der Waals surface area contributed by atoms with Crippen LogP contribution in [0.2, 0.25) is 0 Å². The van der Waals surface area contributed by atoms with Gasteiger partial charge in [0.05, 0.1) is 12.5 Å². The van der Waals surface area contributed by atoms with Crippen molar-refractivity contribution in [1.82, 2.24) is 14.9 Å². The fourth-order valence-electron chi connectivity index (χ4n) is 3.38. The average Bonchev–Trinajstić information content (AvgIpc) is 3.17. The maximum atomic E-state index is 13.1. The zero-order valence-corrected chi connectivity index (χ0v) is 17.7. The Morgan fingerprint density at radius 3 is 2.52 bits per heavy atom. The topological polar surface area (TPSA) is 99.2 Å². The molecule has 1 N–H and O–H groups in total. The standard InChI is InChI=1S/C23H22N4O4/c1-13-7-5-6-8-18(13)24-22(28)14(2)27-23(29)21-19(15(3)31-26-21)20(25-27)16-9-11-17(30-4)12-10-16/h5-12,14H,1-4H3,(H,24,28). The van der Waals surface area contributed by atoms with E-state index < -0.39 is 11.6 Å². The van der Waals surface area contributed by atoms with Crippen molar-refractivity contribution in [3.05, 3.63) is 70.2 Å². The number of para-hydroxylation sites is 1. The summed E-state index contributed by atoms with van der Waals surface area (Å²) in [5.41, 5.74) is 2.50. The highest BCUT2D eigenvalue weighted by Crippen LogP contribution is 2.29. The number of ether oxygens (including phenoxy) is 1. The van der Waals surface area contributed by atoms with E-state index in [2.05, 4.69) is 15.6 Å². The second-order valence-electron chi connectivity index (χ2n) is 7.27. The number of nitrogens with zero attached hydrogens (tertiary/aromatic N) is 3. The first-order valence-electron chi connectivity index (χ1n) is 9.80. The third-order valence-corrected chi connectivity index (χ3v) is 5.23. The maximum Gasteiger partial charge on any atom is 0.297 e. The molecule has 0 fully saturated rings. The number of methoxy groups -OCH3 is 1. The zero-order chi connectivity index (χ0) is 22.1. The minimum atomic E-state index is -0.870. The molecule has 1 atom stereocenters. The van der Waals surface area contributed by atoms with Crippen LogP contribution in [0, 0.1) is 13.8 Å². The molecule has 4 aromatic rings. The van der Waals surface area contributed by atoms with Gasteiger partial charge in [-0.05, 0) is 56.7 Å². The van der Waals surface area contributed by atoms with Crippen LogP contribution in [0.3, 0.4) is 0 Å². The molecular formula is C23H22N4O4. The van der Waals surface area contributed by atoms with E-state index in [-0.39, 0.29) is 11.4 Å². The molecule has 0 saturated heterocycles. The molecule has 2 aromatic heterocycles. The Morgan fingerprint density at radius 2 is 1.84 bits per heavy atom. The fraction of sp³-hybridized carbons (Fsp3) is 0.217. The van der Waals surface area contributed by atoms with E-state index in [1.54, 1.807) is 33.1 Å². The molecule has 2 aromatic carbocycles. The highest BCUT2D eigenvalue weighted by atomic mass is 16.5. The van der Waals surface area contributed by atoms with Crippen LogP contribution >= 0.6 is 0 Å². The van der Waals surface area contributed by atoms with E-state index in [4.69, 9.17) is 9.26 Å². The third-order valence-electron chi connectivity index (χ3n) is 5.23. The summed E-state index contributed by atoms with van der Waals surface area (Å²) in [5.74, 6) is 0.820. The molecule has 31 heavy (non-hydrogen) atoms. The van der Waals surface area contributed by atoms with Gasteiger partial charge in [-0.15, -0.1) is 0 Å². The lowest BCUT2D eigenvalue weighted by Crippen LogP contribution is -2.34. The van der Waals surface area contributed by atoms with Crippen LogP contribution in [0.4, 0.5) is 5.69 Å². The van der Waals surface area contributed by atoms with Crippen LogP contribution in [0.5, 0.6) is 5.75 Å². The Labute approximate surface area is 178 Å². The van der Waals surface area contributed by atoms with Crippen LogP contribution in [0.25, 0.3) is 22.2 Å². The first kappa shape index (κ1) is 20.3. The molecule has 0 bridgehead atoms. The summed E-state index contributed by atoms with van der Waals surface area (Å²) in [5, 5.41) is 11.9. The lowest BCUT2D eigenvalue weighted by molar-refractivity contribution is -0.119. The molecular weight excluding hydrogens is 396 g/mol. The molecule has 0 saturated carbocycles. The lowest BCUT2D eigenvalue weighted by Gasteiger charge is -2.16. The van der Waals surface area contributed by atoms with E-state index in [1.807, 2.05) is 43.3 Å². The molecule has 4 rings (SSSR count). The minimum absolute atomic E-state index is 0.133. The summed E-state index contributed by atoms with van der Waals surface area (Å²) in [6, 6.07) is 13.8. The van der Waals surface area contributed by atoms with Gasteiger partial charge >= 0.3 is 0 Å². The van der Waals surface area contributed by atoms with Gasteiger partial charge in [-0.2, -0.15) is 5.10 Å². The van der Waals surface area contributed by atoms with Crippen molar-refractivity contribution >= 4 is 22.5 Å². The van der Waals surface area contributed by atoms with Crippen LogP contribution in [0.15, 0.2) is 57.8 Å². The second-order valence-corrected chi connectivity index (χ2v) is 7.27. The highest BCUT2D eigenvalue weighted by Gasteiger charge is 2.24. The molecule has 1 amide bonds. The van der Waals surface area contributed by atoms with Gasteiger partial charge in [0.15, 0.2) is 5.52 Å². The highest BCUT2D eigenvalue weighted by molar-refractivity contribution is 5.95. The summed E-state index contributed by atoms with van der Waals surface area (Å²) in [6.45, 7) is 5.25. The van der Waals surface area contributed by atoms with E-state index in [1.165, 1.54) is 0 Å². The van der Waals surface area contributed by atoms with Crippen molar-refractivity contribution in [2.75, 3.05) is 12.4 Å². The summed E-state index contributed by atoms with van der Waals surface area (Å²) in [7, 11) is 1.59. The quantitative estimate of drug-likeness (QED) is 0.528. The van der Waals surface area contributed by atoms with E-state index in [9.17, 15) is 9.59 Å². The van der Waals surface area contributed by atoms with E-state index >= 15 is 0 Å². The van der Waals surface area contributed by atoms with E-state index in [0.717, 1.165) is 15.8 Å².